The SMILES string of the molecule is CNc1ccc2c(c1)CC(=O)N2C(=O)C1(C#N)CCC1. The number of hydrogen-bond acceptors (Lipinski definition) is 4. The molecule has 20 heavy (non-hydrogen) atoms. The highest BCUT2D eigenvalue weighted by atomic mass is 16.2. The van der Waals surface area contributed by atoms with E-state index in [1.165, 1.54) is 4.90 Å². The zero-order valence-corrected chi connectivity index (χ0v) is 11.3. The van der Waals surface area contributed by atoms with Gasteiger partial charge in [0.1, 0.15) is 5.41 Å². The number of carbonyl (C=O) groups excluding carboxylic acids is 2. The minimum atomic E-state index is -0.987. The first-order valence-electron chi connectivity index (χ1n) is 6.70. The molecule has 0 bridgehead atoms. The number of hydrogen-bond donors (Lipinski definition) is 1. The van der Waals surface area contributed by atoms with Gasteiger partial charge < -0.3 is 5.32 Å². The lowest BCUT2D eigenvalue weighted by Crippen LogP contribution is -2.48. The summed E-state index contributed by atoms with van der Waals surface area (Å²) in [6.07, 6.45) is 2.19. The monoisotopic (exact) mass is 269 g/mol. The second kappa shape index (κ2) is 4.34. The van der Waals surface area contributed by atoms with Crippen LogP contribution in [0.4, 0.5) is 11.4 Å². The predicted octanol–water partition coefficient (Wildman–Crippen LogP) is 1.84. The maximum absolute atomic E-state index is 12.6. The Balaban J connectivity index is 1.99. The van der Waals surface area contributed by atoms with Gasteiger partial charge in [0.05, 0.1) is 18.2 Å². The third kappa shape index (κ3) is 1.61. The summed E-state index contributed by atoms with van der Waals surface area (Å²) in [5.41, 5.74) is 1.38. The molecule has 0 atom stereocenters. The zero-order chi connectivity index (χ0) is 14.3. The minimum absolute atomic E-state index is 0.220. The number of carbonyl (C=O) groups is 2. The summed E-state index contributed by atoms with van der Waals surface area (Å²) < 4.78 is 0. The first kappa shape index (κ1) is 12.7. The molecular weight excluding hydrogens is 254 g/mol. The summed E-state index contributed by atoms with van der Waals surface area (Å²) in [6.45, 7) is 0. The largest absolute Gasteiger partial charge is 0.388 e. The fourth-order valence-corrected chi connectivity index (χ4v) is 2.82. The smallest absolute Gasteiger partial charge is 0.254 e. The highest BCUT2D eigenvalue weighted by Gasteiger charge is 2.50. The summed E-state index contributed by atoms with van der Waals surface area (Å²) in [5.74, 6) is -0.591. The van der Waals surface area contributed by atoms with Gasteiger partial charge in [-0.15, -0.1) is 0 Å². The lowest BCUT2D eigenvalue weighted by atomic mass is 9.69. The van der Waals surface area contributed by atoms with Crippen LogP contribution in [0.1, 0.15) is 24.8 Å². The summed E-state index contributed by atoms with van der Waals surface area (Å²) in [7, 11) is 1.81. The van der Waals surface area contributed by atoms with Gasteiger partial charge in [-0.25, -0.2) is 4.90 Å². The molecule has 102 valence electrons. The van der Waals surface area contributed by atoms with E-state index in [-0.39, 0.29) is 18.2 Å². The number of fused-ring (bicyclic) bond motifs is 1. The van der Waals surface area contributed by atoms with Crippen LogP contribution in [0.2, 0.25) is 0 Å². The van der Waals surface area contributed by atoms with Crippen molar-refractivity contribution in [2.45, 2.75) is 25.7 Å². The molecule has 2 aliphatic rings. The quantitative estimate of drug-likeness (QED) is 0.831. The molecule has 1 aromatic rings. The Hall–Kier alpha value is -2.35. The molecule has 5 heteroatoms. The van der Waals surface area contributed by atoms with E-state index in [2.05, 4.69) is 11.4 Å². The van der Waals surface area contributed by atoms with Gasteiger partial charge in [-0.1, -0.05) is 0 Å². The molecule has 1 fully saturated rings. The van der Waals surface area contributed by atoms with E-state index < -0.39 is 5.41 Å². The Labute approximate surface area is 117 Å². The molecule has 1 aliphatic carbocycles. The maximum atomic E-state index is 12.6. The number of amides is 2. The molecule has 0 saturated heterocycles. The van der Waals surface area contributed by atoms with Crippen molar-refractivity contribution in [3.05, 3.63) is 23.8 Å². The van der Waals surface area contributed by atoms with Gasteiger partial charge in [0, 0.05) is 12.7 Å². The third-order valence-electron chi connectivity index (χ3n) is 4.23. The molecule has 1 aliphatic heterocycles. The molecule has 0 aromatic heterocycles. The predicted molar refractivity (Wildman–Crippen MR) is 74.1 cm³/mol. The van der Waals surface area contributed by atoms with Crippen molar-refractivity contribution in [3.63, 3.8) is 0 Å². The van der Waals surface area contributed by atoms with Crippen LogP contribution in [0.25, 0.3) is 0 Å². The van der Waals surface area contributed by atoms with Gasteiger partial charge in [-0.3, -0.25) is 9.59 Å². The Morgan fingerprint density at radius 3 is 2.75 bits per heavy atom. The molecule has 1 N–H and O–H groups in total. The molecule has 0 radical (unpaired) electrons. The highest BCUT2D eigenvalue weighted by Crippen LogP contribution is 2.44. The highest BCUT2D eigenvalue weighted by molar-refractivity contribution is 6.21. The molecule has 1 saturated carbocycles. The second-order valence-electron chi connectivity index (χ2n) is 5.35. The van der Waals surface area contributed by atoms with Crippen molar-refractivity contribution in [3.8, 4) is 6.07 Å². The number of rotatable bonds is 2. The van der Waals surface area contributed by atoms with Gasteiger partial charge in [0.2, 0.25) is 5.91 Å². The van der Waals surface area contributed by atoms with Crippen molar-refractivity contribution >= 4 is 23.2 Å². The molecule has 3 rings (SSSR count). The van der Waals surface area contributed by atoms with Crippen molar-refractivity contribution < 1.29 is 9.59 Å². The lowest BCUT2D eigenvalue weighted by Gasteiger charge is -2.36. The molecular formula is C15H15N3O2. The standard InChI is InChI=1S/C15H15N3O2/c1-17-11-3-4-12-10(7-11)8-13(19)18(12)14(20)15(9-16)5-2-6-15/h3-4,7,17H,2,5-6,8H2,1H3. The summed E-state index contributed by atoms with van der Waals surface area (Å²) in [6, 6.07) is 7.59. The van der Waals surface area contributed by atoms with Crippen molar-refractivity contribution in [1.29, 1.82) is 5.26 Å². The first-order valence-corrected chi connectivity index (χ1v) is 6.70. The van der Waals surface area contributed by atoms with Crippen LogP contribution >= 0.6 is 0 Å². The number of nitriles is 1. The van der Waals surface area contributed by atoms with Crippen LogP contribution in [-0.4, -0.2) is 18.9 Å². The van der Waals surface area contributed by atoms with Crippen LogP contribution < -0.4 is 10.2 Å². The molecule has 5 nitrogen and oxygen atoms in total. The van der Waals surface area contributed by atoms with E-state index in [0.29, 0.717) is 18.5 Å². The molecule has 1 heterocycles. The molecule has 1 aromatic carbocycles. The van der Waals surface area contributed by atoms with Crippen LogP contribution in [0.3, 0.4) is 0 Å². The third-order valence-corrected chi connectivity index (χ3v) is 4.23. The normalized spacial score (nSPS) is 19.0. The van der Waals surface area contributed by atoms with Crippen molar-refractivity contribution in [1.82, 2.24) is 0 Å². The number of benzene rings is 1. The van der Waals surface area contributed by atoms with Gasteiger partial charge in [0.15, 0.2) is 0 Å². The minimum Gasteiger partial charge on any atom is -0.388 e. The van der Waals surface area contributed by atoms with E-state index in [4.69, 9.17) is 0 Å². The Bertz CT molecular complexity index is 641. The summed E-state index contributed by atoms with van der Waals surface area (Å²) in [4.78, 5) is 25.9. The van der Waals surface area contributed by atoms with Crippen molar-refractivity contribution in [2.75, 3.05) is 17.3 Å². The van der Waals surface area contributed by atoms with E-state index in [1.807, 2.05) is 12.1 Å². The molecule has 0 unspecified atom stereocenters. The van der Waals surface area contributed by atoms with Gasteiger partial charge in [-0.05, 0) is 43.0 Å². The zero-order valence-electron chi connectivity index (χ0n) is 11.3. The van der Waals surface area contributed by atoms with E-state index in [1.54, 1.807) is 13.1 Å². The van der Waals surface area contributed by atoms with E-state index in [9.17, 15) is 14.9 Å². The Morgan fingerprint density at radius 2 is 2.20 bits per heavy atom. The average molecular weight is 269 g/mol. The molecule has 2 amide bonds. The van der Waals surface area contributed by atoms with Gasteiger partial charge in [-0.2, -0.15) is 5.26 Å². The van der Waals surface area contributed by atoms with Gasteiger partial charge in [0.25, 0.3) is 5.91 Å². The Kier molecular flexibility index (Phi) is 2.75. The second-order valence-corrected chi connectivity index (χ2v) is 5.35. The van der Waals surface area contributed by atoms with Crippen LogP contribution in [0.5, 0.6) is 0 Å². The first-order chi connectivity index (χ1) is 9.61. The van der Waals surface area contributed by atoms with Crippen LogP contribution in [0, 0.1) is 16.7 Å². The summed E-state index contributed by atoms with van der Waals surface area (Å²) >= 11 is 0. The topological polar surface area (TPSA) is 73.2 Å². The fraction of sp³-hybridized carbons (Fsp3) is 0.400. The average Bonchev–Trinajstić information content (AvgIpc) is 2.72. The Morgan fingerprint density at radius 1 is 1.45 bits per heavy atom. The fourth-order valence-electron chi connectivity index (χ4n) is 2.82. The number of imide groups is 1. The van der Waals surface area contributed by atoms with E-state index >= 15 is 0 Å². The van der Waals surface area contributed by atoms with Crippen LogP contribution in [-0.2, 0) is 16.0 Å². The maximum Gasteiger partial charge on any atom is 0.254 e. The van der Waals surface area contributed by atoms with Crippen LogP contribution in [0.15, 0.2) is 18.2 Å². The number of nitrogens with one attached hydrogen (secondary N) is 1. The van der Waals surface area contributed by atoms with Crippen molar-refractivity contribution in [2.24, 2.45) is 5.41 Å². The lowest BCUT2D eigenvalue weighted by molar-refractivity contribution is -0.132. The number of anilines is 2. The van der Waals surface area contributed by atoms with E-state index in [0.717, 1.165) is 17.7 Å². The number of nitrogens with zero attached hydrogens (tertiary/aromatic N) is 2. The van der Waals surface area contributed by atoms with Gasteiger partial charge >= 0.3 is 0 Å². The molecule has 0 spiro atoms. The summed E-state index contributed by atoms with van der Waals surface area (Å²) in [5, 5.41) is 12.3.